The number of carbonyl (C=O) groups is 6. The first-order chi connectivity index (χ1) is 56.1. The predicted octanol–water partition coefficient (Wildman–Crippen LogP) is 26.5. The summed E-state index contributed by atoms with van der Waals surface area (Å²) in [7, 11) is 0. The number of rotatable bonds is 86. The smallest absolute Gasteiger partial charge is 0.305 e. The van der Waals surface area contributed by atoms with Crippen LogP contribution >= 0.6 is 0 Å². The van der Waals surface area contributed by atoms with E-state index in [1.165, 1.54) is 154 Å². The van der Waals surface area contributed by atoms with E-state index in [0.29, 0.717) is 65.0 Å². The summed E-state index contributed by atoms with van der Waals surface area (Å²) in [5.41, 5.74) is 0. The van der Waals surface area contributed by atoms with E-state index in [0.717, 1.165) is 245 Å². The molecular weight excluding hydrogens is 1420 g/mol. The Labute approximate surface area is 700 Å². The van der Waals surface area contributed by atoms with Crippen LogP contribution in [0.4, 0.5) is 0 Å². The molecule has 2 amide bonds. The molecule has 2 atom stereocenters. The number of carbonyl (C=O) groups excluding carboxylic acids is 6. The van der Waals surface area contributed by atoms with Crippen LogP contribution in [0.25, 0.3) is 0 Å². The molecule has 1 aliphatic rings. The van der Waals surface area contributed by atoms with Gasteiger partial charge in [-0.25, -0.2) is 0 Å². The molecule has 1 heterocycles. The van der Waals surface area contributed by atoms with Gasteiger partial charge in [0.15, 0.2) is 0 Å². The molecule has 14 heteroatoms. The number of hydrogen-bond donors (Lipinski definition) is 2. The van der Waals surface area contributed by atoms with E-state index in [9.17, 15) is 28.8 Å². The molecule has 1 saturated heterocycles. The maximum absolute atomic E-state index is 13.6. The van der Waals surface area contributed by atoms with Gasteiger partial charge < -0.3 is 39.4 Å². The highest BCUT2D eigenvalue weighted by Gasteiger charge is 2.33. The Morgan fingerprint density at radius 1 is 0.246 bits per heavy atom. The molecule has 0 aromatic rings. The van der Waals surface area contributed by atoms with Crippen molar-refractivity contribution in [3.63, 3.8) is 0 Å². The summed E-state index contributed by atoms with van der Waals surface area (Å²) in [6.45, 7) is 15.8. The fraction of sp³-hybridized carbons (Fsp3) is 0.780. The van der Waals surface area contributed by atoms with Crippen molar-refractivity contribution in [1.29, 1.82) is 0 Å². The van der Waals surface area contributed by atoms with E-state index < -0.39 is 12.1 Å². The van der Waals surface area contributed by atoms with Crippen LogP contribution in [-0.4, -0.2) is 123 Å². The minimum absolute atomic E-state index is 0.106. The summed E-state index contributed by atoms with van der Waals surface area (Å²) in [6, 6.07) is -1.13. The molecule has 1 fully saturated rings. The molecule has 0 saturated carbocycles. The van der Waals surface area contributed by atoms with E-state index in [1.807, 2.05) is 0 Å². The summed E-state index contributed by atoms with van der Waals surface area (Å²) in [6.07, 6.45) is 100. The molecule has 0 bridgehead atoms. The Morgan fingerprint density at radius 2 is 0.439 bits per heavy atom. The maximum Gasteiger partial charge on any atom is 0.305 e. The van der Waals surface area contributed by atoms with Gasteiger partial charge in [0.25, 0.3) is 0 Å². The van der Waals surface area contributed by atoms with Crippen molar-refractivity contribution in [3.8, 4) is 0 Å². The quantitative estimate of drug-likeness (QED) is 0.0256. The maximum atomic E-state index is 13.6. The minimum Gasteiger partial charge on any atom is -0.466 e. The lowest BCUT2D eigenvalue weighted by Crippen LogP contribution is -2.61. The van der Waals surface area contributed by atoms with Gasteiger partial charge >= 0.3 is 23.9 Å². The molecule has 0 radical (unpaired) electrons. The van der Waals surface area contributed by atoms with Crippen molar-refractivity contribution in [1.82, 2.24) is 20.4 Å². The highest BCUT2D eigenvalue weighted by atomic mass is 16.5. The standard InChI is InChI=1S/C100H176N4O10/c1-5-9-13-17-21-25-29-33-37-41-45-49-53-57-61-79-95(105)111-89-73-69-85-103(86-70-74-90-112-96(106)80-62-58-54-50-46-42-38-34-30-26-22-18-14-10-6-2)83-67-65-77-93-99(109)102-94(100(110)101-93)78-66-68-84-104(87-71-75-91-113-97(107)81-63-59-55-51-47-43-39-35-31-27-23-19-15-11-7-3)88-72-76-92-114-98(108)82-64-60-56-52-48-44-40-36-32-28-24-20-16-12-8-4/h21-28,33-40,93-94H,5-20,29-32,41-92H2,1-4H3,(H,101,110)(H,102,109)/b25-21-,26-22-,27-23-,28-24-,37-33-,38-34-,39-35-,40-36-. The van der Waals surface area contributed by atoms with Crippen molar-refractivity contribution in [3.05, 3.63) is 97.2 Å². The largest absolute Gasteiger partial charge is 0.466 e. The number of hydrogen-bond acceptors (Lipinski definition) is 12. The van der Waals surface area contributed by atoms with Crippen molar-refractivity contribution in [2.24, 2.45) is 0 Å². The number of amides is 2. The topological polar surface area (TPSA) is 170 Å². The minimum atomic E-state index is -0.564. The fourth-order valence-electron chi connectivity index (χ4n) is 14.2. The Hall–Kier alpha value is -5.34. The number of allylic oxidation sites excluding steroid dienone is 16. The Kier molecular flexibility index (Phi) is 81.4. The van der Waals surface area contributed by atoms with E-state index in [1.54, 1.807) is 0 Å². The molecule has 1 aliphatic heterocycles. The fourth-order valence-corrected chi connectivity index (χ4v) is 14.2. The molecule has 0 aliphatic carbocycles. The predicted molar refractivity (Wildman–Crippen MR) is 483 cm³/mol. The van der Waals surface area contributed by atoms with Gasteiger partial charge in [-0.1, -0.05) is 253 Å². The van der Waals surface area contributed by atoms with Crippen LogP contribution in [0.3, 0.4) is 0 Å². The van der Waals surface area contributed by atoms with Gasteiger partial charge in [0, 0.05) is 25.7 Å². The van der Waals surface area contributed by atoms with Crippen molar-refractivity contribution in [2.75, 3.05) is 65.7 Å². The molecule has 0 aromatic heterocycles. The van der Waals surface area contributed by atoms with Gasteiger partial charge in [-0.2, -0.15) is 0 Å². The molecule has 114 heavy (non-hydrogen) atoms. The lowest BCUT2D eigenvalue weighted by atomic mass is 10.0. The number of nitrogens with zero attached hydrogens (tertiary/aromatic N) is 2. The third-order valence-corrected chi connectivity index (χ3v) is 21.6. The van der Waals surface area contributed by atoms with E-state index in [2.05, 4.69) is 145 Å². The van der Waals surface area contributed by atoms with E-state index in [4.69, 9.17) is 18.9 Å². The van der Waals surface area contributed by atoms with Gasteiger partial charge in [-0.15, -0.1) is 0 Å². The zero-order valence-electron chi connectivity index (χ0n) is 74.3. The van der Waals surface area contributed by atoms with Gasteiger partial charge in [-0.05, 0) is 283 Å². The highest BCUT2D eigenvalue weighted by Crippen LogP contribution is 2.18. The molecule has 14 nitrogen and oxygen atoms in total. The third-order valence-electron chi connectivity index (χ3n) is 21.6. The first kappa shape index (κ1) is 107. The van der Waals surface area contributed by atoms with Crippen LogP contribution < -0.4 is 10.6 Å². The normalized spacial score (nSPS) is 14.2. The molecule has 0 aromatic carbocycles. The van der Waals surface area contributed by atoms with Gasteiger partial charge in [0.1, 0.15) is 12.1 Å². The summed E-state index contributed by atoms with van der Waals surface area (Å²) >= 11 is 0. The van der Waals surface area contributed by atoms with E-state index in [-0.39, 0.29) is 35.7 Å². The Morgan fingerprint density at radius 3 is 0.658 bits per heavy atom. The lowest BCUT2D eigenvalue weighted by Gasteiger charge is -2.30. The van der Waals surface area contributed by atoms with Crippen molar-refractivity contribution < 1.29 is 47.7 Å². The first-order valence-electron chi connectivity index (χ1n) is 48.0. The highest BCUT2D eigenvalue weighted by molar-refractivity contribution is 5.96. The second kappa shape index (κ2) is 87.0. The molecule has 1 rings (SSSR count). The van der Waals surface area contributed by atoms with Crippen LogP contribution in [0.15, 0.2) is 97.2 Å². The lowest BCUT2D eigenvalue weighted by molar-refractivity contribution is -0.144. The molecular formula is C100H176N4O10. The molecule has 2 unspecified atom stereocenters. The summed E-state index contributed by atoms with van der Waals surface area (Å²) in [4.78, 5) is 82.6. The number of esters is 4. The second-order valence-corrected chi connectivity index (χ2v) is 32.4. The summed E-state index contributed by atoms with van der Waals surface area (Å²) < 4.78 is 22.7. The average Bonchev–Trinajstić information content (AvgIpc) is 0.846. The number of nitrogens with one attached hydrogen (secondary N) is 2. The SMILES string of the molecule is CCCCC/C=C\C/C=C\CCCCCCCC(=O)OCCCCN(CCCCOC(=O)CCCCCCC/C=C\C/C=C\CCCCC)CCCCC1NC(=O)C(CCCCN(CCCCOC(=O)CCCCCCC/C=C\C/C=C\CCCCC)CCCCOC(=O)CCCCCCC/C=C\C/C=C\CCCCC)NC1=O. The first-order valence-corrected chi connectivity index (χ1v) is 48.0. The van der Waals surface area contributed by atoms with Crippen LogP contribution in [-0.2, 0) is 47.7 Å². The molecule has 2 N–H and O–H groups in total. The van der Waals surface area contributed by atoms with Crippen LogP contribution in [0.1, 0.15) is 426 Å². The molecule has 0 spiro atoms. The monoisotopic (exact) mass is 1590 g/mol. The average molecular weight is 1590 g/mol. The van der Waals surface area contributed by atoms with Crippen molar-refractivity contribution >= 4 is 35.7 Å². The number of ether oxygens (including phenoxy) is 4. The Bertz CT molecular complexity index is 2160. The van der Waals surface area contributed by atoms with Crippen LogP contribution in [0.5, 0.6) is 0 Å². The van der Waals surface area contributed by atoms with Gasteiger partial charge in [0.05, 0.1) is 26.4 Å². The zero-order valence-corrected chi connectivity index (χ0v) is 74.3. The summed E-state index contributed by atoms with van der Waals surface area (Å²) in [5, 5.41) is 6.13. The Balaban J connectivity index is 2.66. The third kappa shape index (κ3) is 76.6. The van der Waals surface area contributed by atoms with Crippen molar-refractivity contribution in [2.45, 2.75) is 438 Å². The van der Waals surface area contributed by atoms with Gasteiger partial charge in [-0.3, -0.25) is 28.8 Å². The zero-order chi connectivity index (χ0) is 82.2. The second-order valence-electron chi connectivity index (χ2n) is 32.4. The van der Waals surface area contributed by atoms with E-state index >= 15 is 0 Å². The number of unbranched alkanes of at least 4 members (excludes halogenated alkanes) is 38. The number of piperazine rings is 1. The van der Waals surface area contributed by atoms with Gasteiger partial charge in [0.2, 0.25) is 11.8 Å². The summed E-state index contributed by atoms with van der Waals surface area (Å²) in [5.74, 6) is -0.661. The van der Waals surface area contributed by atoms with Crippen LogP contribution in [0, 0.1) is 0 Å². The molecule has 656 valence electrons. The van der Waals surface area contributed by atoms with Crippen LogP contribution in [0.2, 0.25) is 0 Å².